The van der Waals surface area contributed by atoms with Gasteiger partial charge in [0.15, 0.2) is 0 Å². The molecule has 1 aromatic carbocycles. The maximum Gasteiger partial charge on any atom is 0.0696 e. The van der Waals surface area contributed by atoms with Crippen LogP contribution in [-0.4, -0.2) is 6.54 Å². The molecule has 1 atom stereocenters. The minimum Gasteiger partial charge on any atom is -0.306 e. The van der Waals surface area contributed by atoms with Crippen LogP contribution >= 0.6 is 57.1 Å². The predicted octanol–water partition coefficient (Wildman–Crippen LogP) is 5.75. The van der Waals surface area contributed by atoms with Crippen LogP contribution in [0.4, 0.5) is 0 Å². The number of hydrogen-bond donors (Lipinski definition) is 1. The molecule has 0 aliphatic rings. The quantitative estimate of drug-likeness (QED) is 0.601. The molecule has 19 heavy (non-hydrogen) atoms. The Balaban J connectivity index is 2.42. The molecule has 0 aliphatic heterocycles. The molecule has 0 saturated carbocycles. The van der Waals surface area contributed by atoms with Gasteiger partial charge >= 0.3 is 0 Å². The van der Waals surface area contributed by atoms with Crippen molar-refractivity contribution < 1.29 is 0 Å². The lowest BCUT2D eigenvalue weighted by atomic mass is 10.1. The molecule has 0 saturated heterocycles. The van der Waals surface area contributed by atoms with Crippen LogP contribution in [0, 0.1) is 3.57 Å². The maximum atomic E-state index is 6.29. The summed E-state index contributed by atoms with van der Waals surface area (Å²) >= 11 is 16.4. The van der Waals surface area contributed by atoms with E-state index in [0.29, 0.717) is 0 Å². The van der Waals surface area contributed by atoms with E-state index in [1.54, 1.807) is 11.3 Å². The monoisotopic (exact) mass is 425 g/mol. The molecule has 0 aliphatic carbocycles. The molecule has 0 fully saturated rings. The second kappa shape index (κ2) is 7.27. The first-order valence-corrected chi connectivity index (χ1v) is 8.76. The Hall–Kier alpha value is 0.190. The summed E-state index contributed by atoms with van der Waals surface area (Å²) in [5.74, 6) is 0. The summed E-state index contributed by atoms with van der Waals surface area (Å²) in [4.78, 5) is 1.15. The minimum atomic E-state index is 0.109. The maximum absolute atomic E-state index is 6.29. The third kappa shape index (κ3) is 3.85. The first-order chi connectivity index (χ1) is 9.13. The Kier molecular flexibility index (Phi) is 5.96. The van der Waals surface area contributed by atoms with Gasteiger partial charge in [0.25, 0.3) is 0 Å². The molecule has 0 spiro atoms. The van der Waals surface area contributed by atoms with Crippen molar-refractivity contribution in [3.05, 3.63) is 53.7 Å². The number of thiophene rings is 1. The molecule has 1 aromatic heterocycles. The van der Waals surface area contributed by atoms with Gasteiger partial charge in [0.2, 0.25) is 0 Å². The number of hydrogen-bond acceptors (Lipinski definition) is 2. The van der Waals surface area contributed by atoms with Crippen LogP contribution in [-0.2, 0) is 0 Å². The fourth-order valence-corrected chi connectivity index (χ4v) is 3.97. The molecule has 1 nitrogen and oxygen atoms in total. The van der Waals surface area contributed by atoms with Crippen LogP contribution in [0.1, 0.15) is 29.8 Å². The zero-order chi connectivity index (χ0) is 13.8. The van der Waals surface area contributed by atoms with E-state index in [2.05, 4.69) is 34.8 Å². The van der Waals surface area contributed by atoms with E-state index in [1.165, 1.54) is 9.13 Å². The van der Waals surface area contributed by atoms with Crippen LogP contribution in [0.3, 0.4) is 0 Å². The van der Waals surface area contributed by atoms with Crippen molar-refractivity contribution in [3.63, 3.8) is 0 Å². The molecule has 5 heteroatoms. The molecule has 2 aromatic rings. The van der Waals surface area contributed by atoms with Crippen molar-refractivity contribution >= 4 is 57.1 Å². The first-order valence-electron chi connectivity index (χ1n) is 6.04. The molecule has 0 bridgehead atoms. The Bertz CT molecular complexity index is 556. The van der Waals surface area contributed by atoms with Crippen LogP contribution < -0.4 is 5.32 Å². The highest BCUT2D eigenvalue weighted by molar-refractivity contribution is 14.1. The molecule has 1 N–H and O–H groups in total. The average Bonchev–Trinajstić information content (AvgIpc) is 2.80. The van der Waals surface area contributed by atoms with Gasteiger partial charge in [-0.1, -0.05) is 30.1 Å². The molecule has 2 rings (SSSR count). The summed E-state index contributed by atoms with van der Waals surface area (Å²) in [5, 5.41) is 7.15. The van der Waals surface area contributed by atoms with Gasteiger partial charge in [0, 0.05) is 13.5 Å². The molecule has 0 amide bonds. The lowest BCUT2D eigenvalue weighted by Crippen LogP contribution is -2.23. The summed E-state index contributed by atoms with van der Waals surface area (Å²) in [7, 11) is 0. The minimum absolute atomic E-state index is 0.109. The lowest BCUT2D eigenvalue weighted by Gasteiger charge is -2.20. The highest BCUT2D eigenvalue weighted by atomic mass is 127. The standard InChI is InChI=1S/C14H14Cl2INS/c1-2-6-18-13(14-11(16)5-7-19-14)10-8-9(15)3-4-12(10)17/h3-5,7-8,13,18H,2,6H2,1H3. The van der Waals surface area contributed by atoms with Crippen molar-refractivity contribution in [1.82, 2.24) is 5.32 Å². The second-order valence-corrected chi connectivity index (χ2v) is 7.14. The van der Waals surface area contributed by atoms with Crippen molar-refractivity contribution in [3.8, 4) is 0 Å². The van der Waals surface area contributed by atoms with Gasteiger partial charge in [0.05, 0.1) is 11.1 Å². The first kappa shape index (κ1) is 15.6. The summed E-state index contributed by atoms with van der Waals surface area (Å²) in [6.45, 7) is 3.10. The Morgan fingerprint density at radius 1 is 1.32 bits per heavy atom. The van der Waals surface area contributed by atoms with E-state index >= 15 is 0 Å². The Labute approximate surface area is 141 Å². The Morgan fingerprint density at radius 3 is 2.74 bits per heavy atom. The topological polar surface area (TPSA) is 12.0 Å². The van der Waals surface area contributed by atoms with E-state index in [0.717, 1.165) is 27.9 Å². The SMILES string of the molecule is CCCNC(c1cc(Cl)ccc1I)c1sccc1Cl. The van der Waals surface area contributed by atoms with E-state index in [1.807, 2.05) is 29.6 Å². The number of halogens is 3. The molecule has 1 heterocycles. The highest BCUT2D eigenvalue weighted by Gasteiger charge is 2.20. The summed E-state index contributed by atoms with van der Waals surface area (Å²) < 4.78 is 1.19. The largest absolute Gasteiger partial charge is 0.306 e. The van der Waals surface area contributed by atoms with Crippen LogP contribution in [0.2, 0.25) is 10.0 Å². The van der Waals surface area contributed by atoms with Gasteiger partial charge in [0.1, 0.15) is 0 Å². The molecule has 1 unspecified atom stereocenters. The van der Waals surface area contributed by atoms with Crippen molar-refractivity contribution in [2.75, 3.05) is 6.54 Å². The average molecular weight is 426 g/mol. The summed E-state index contributed by atoms with van der Waals surface area (Å²) in [6, 6.07) is 8.03. The number of benzene rings is 1. The molecular formula is C14H14Cl2INS. The lowest BCUT2D eigenvalue weighted by molar-refractivity contribution is 0.604. The zero-order valence-electron chi connectivity index (χ0n) is 10.4. The molecule has 102 valence electrons. The van der Waals surface area contributed by atoms with Gasteiger partial charge in [-0.05, 0) is 70.8 Å². The Morgan fingerprint density at radius 2 is 2.11 bits per heavy atom. The summed E-state index contributed by atoms with van der Waals surface area (Å²) in [6.07, 6.45) is 1.08. The van der Waals surface area contributed by atoms with Crippen molar-refractivity contribution in [2.24, 2.45) is 0 Å². The van der Waals surface area contributed by atoms with Gasteiger partial charge in [-0.2, -0.15) is 0 Å². The van der Waals surface area contributed by atoms with Gasteiger partial charge in [-0.3, -0.25) is 0 Å². The second-order valence-electron chi connectivity index (χ2n) is 4.19. The van der Waals surface area contributed by atoms with E-state index in [-0.39, 0.29) is 6.04 Å². The third-order valence-corrected chi connectivity index (χ3v) is 5.42. The van der Waals surface area contributed by atoms with E-state index < -0.39 is 0 Å². The smallest absolute Gasteiger partial charge is 0.0696 e. The fraction of sp³-hybridized carbons (Fsp3) is 0.286. The fourth-order valence-electron chi connectivity index (χ4n) is 1.88. The van der Waals surface area contributed by atoms with E-state index in [9.17, 15) is 0 Å². The number of nitrogens with one attached hydrogen (secondary N) is 1. The van der Waals surface area contributed by atoms with Crippen LogP contribution in [0.15, 0.2) is 29.6 Å². The van der Waals surface area contributed by atoms with Crippen molar-refractivity contribution in [2.45, 2.75) is 19.4 Å². The number of rotatable bonds is 5. The van der Waals surface area contributed by atoms with E-state index in [4.69, 9.17) is 23.2 Å². The third-order valence-electron chi connectivity index (χ3n) is 2.77. The summed E-state index contributed by atoms with van der Waals surface area (Å²) in [5.41, 5.74) is 1.19. The molecule has 0 radical (unpaired) electrons. The zero-order valence-corrected chi connectivity index (χ0v) is 14.9. The van der Waals surface area contributed by atoms with Gasteiger partial charge in [-0.15, -0.1) is 11.3 Å². The van der Waals surface area contributed by atoms with Crippen LogP contribution in [0.25, 0.3) is 0 Å². The van der Waals surface area contributed by atoms with Gasteiger partial charge in [-0.25, -0.2) is 0 Å². The van der Waals surface area contributed by atoms with Gasteiger partial charge < -0.3 is 5.32 Å². The normalized spacial score (nSPS) is 12.6. The van der Waals surface area contributed by atoms with Crippen LogP contribution in [0.5, 0.6) is 0 Å². The van der Waals surface area contributed by atoms with Crippen molar-refractivity contribution in [1.29, 1.82) is 0 Å². The molecular weight excluding hydrogens is 412 g/mol. The highest BCUT2D eigenvalue weighted by Crippen LogP contribution is 2.35. The predicted molar refractivity (Wildman–Crippen MR) is 93.6 cm³/mol.